The molecule has 1 atom stereocenters. The van der Waals surface area contributed by atoms with Crippen molar-refractivity contribution in [3.05, 3.63) is 29.3 Å². The van der Waals surface area contributed by atoms with Gasteiger partial charge in [-0.15, -0.1) is 0 Å². The maximum absolute atomic E-state index is 11.3. The van der Waals surface area contributed by atoms with Crippen molar-refractivity contribution in [1.82, 2.24) is 0 Å². The first-order chi connectivity index (χ1) is 7.53. The molecule has 0 spiro atoms. The average molecular weight is 237 g/mol. The summed E-state index contributed by atoms with van der Waals surface area (Å²) >= 11 is -1.76. The van der Waals surface area contributed by atoms with Gasteiger partial charge in [-0.2, -0.15) is 9.47 Å². The third-order valence-electron chi connectivity index (χ3n) is 2.51. The standard InChI is InChI=1S/C11H11NO3S/c1-11(2)7-14-16(13)15-10-4-3-8(6-12)5-9(10)11/h3-5H,7H2,1-2H3. The molecule has 0 N–H and O–H groups in total. The maximum atomic E-state index is 11.3. The van der Waals surface area contributed by atoms with E-state index < -0.39 is 11.4 Å². The number of rotatable bonds is 0. The Kier molecular flexibility index (Phi) is 2.70. The molecule has 0 fully saturated rings. The zero-order valence-electron chi connectivity index (χ0n) is 9.02. The molecule has 4 nitrogen and oxygen atoms in total. The monoisotopic (exact) mass is 237 g/mol. The lowest BCUT2D eigenvalue weighted by molar-refractivity contribution is 0.257. The predicted octanol–water partition coefficient (Wildman–Crippen LogP) is 1.82. The largest absolute Gasteiger partial charge is 0.380 e. The summed E-state index contributed by atoms with van der Waals surface area (Å²) in [5.41, 5.74) is 1.08. The fraction of sp³-hybridized carbons (Fsp3) is 0.364. The minimum absolute atomic E-state index is 0.293. The average Bonchev–Trinajstić information content (AvgIpc) is 2.37. The normalized spacial score (nSPS) is 22.4. The van der Waals surface area contributed by atoms with Crippen molar-refractivity contribution in [2.24, 2.45) is 0 Å². The van der Waals surface area contributed by atoms with Crippen LogP contribution in [0.1, 0.15) is 25.0 Å². The van der Waals surface area contributed by atoms with Gasteiger partial charge in [0.1, 0.15) is 5.75 Å². The van der Waals surface area contributed by atoms with Crippen molar-refractivity contribution in [3.8, 4) is 11.8 Å². The van der Waals surface area contributed by atoms with E-state index in [0.717, 1.165) is 5.56 Å². The highest BCUT2D eigenvalue weighted by molar-refractivity contribution is 7.75. The summed E-state index contributed by atoms with van der Waals surface area (Å²) < 4.78 is 21.5. The predicted molar refractivity (Wildman–Crippen MR) is 58.9 cm³/mol. The van der Waals surface area contributed by atoms with Crippen molar-refractivity contribution in [2.45, 2.75) is 19.3 Å². The van der Waals surface area contributed by atoms with Gasteiger partial charge < -0.3 is 4.18 Å². The summed E-state index contributed by atoms with van der Waals surface area (Å²) in [6.07, 6.45) is 0. The van der Waals surface area contributed by atoms with E-state index in [0.29, 0.717) is 17.9 Å². The molecule has 0 aliphatic carbocycles. The van der Waals surface area contributed by atoms with Gasteiger partial charge in [0, 0.05) is 11.0 Å². The molecule has 1 aromatic carbocycles. The minimum Gasteiger partial charge on any atom is -0.380 e. The molecular formula is C11H11NO3S. The van der Waals surface area contributed by atoms with Crippen LogP contribution in [0.5, 0.6) is 5.75 Å². The first-order valence-corrected chi connectivity index (χ1v) is 5.81. The first kappa shape index (κ1) is 11.1. The van der Waals surface area contributed by atoms with Crippen LogP contribution < -0.4 is 4.18 Å². The van der Waals surface area contributed by atoms with E-state index in [-0.39, 0.29) is 5.41 Å². The molecule has 1 aromatic rings. The molecule has 1 aliphatic heterocycles. The summed E-state index contributed by atoms with van der Waals surface area (Å²) in [6.45, 7) is 4.21. The molecule has 0 radical (unpaired) electrons. The molecule has 0 saturated carbocycles. The first-order valence-electron chi connectivity index (χ1n) is 4.81. The van der Waals surface area contributed by atoms with Crippen molar-refractivity contribution < 1.29 is 12.6 Å². The topological polar surface area (TPSA) is 59.3 Å². The van der Waals surface area contributed by atoms with E-state index in [2.05, 4.69) is 6.07 Å². The van der Waals surface area contributed by atoms with Crippen molar-refractivity contribution in [3.63, 3.8) is 0 Å². The zero-order valence-corrected chi connectivity index (χ0v) is 9.84. The number of nitrogens with zero attached hydrogens (tertiary/aromatic N) is 1. The van der Waals surface area contributed by atoms with Gasteiger partial charge >= 0.3 is 11.4 Å². The SMILES string of the molecule is CC1(C)COS(=O)Oc2ccc(C#N)cc21. The van der Waals surface area contributed by atoms with Crippen LogP contribution in [-0.2, 0) is 21.0 Å². The van der Waals surface area contributed by atoms with Crippen LogP contribution in [0.2, 0.25) is 0 Å². The molecule has 1 unspecified atom stereocenters. The van der Waals surface area contributed by atoms with Gasteiger partial charge in [0.05, 0.1) is 18.2 Å². The van der Waals surface area contributed by atoms with Crippen molar-refractivity contribution >= 4 is 11.4 Å². The summed E-state index contributed by atoms with van der Waals surface area (Å²) in [5.74, 6) is 0.514. The lowest BCUT2D eigenvalue weighted by atomic mass is 9.84. The van der Waals surface area contributed by atoms with Crippen LogP contribution in [0.15, 0.2) is 18.2 Å². The highest BCUT2D eigenvalue weighted by Crippen LogP contribution is 2.35. The number of hydrogen-bond acceptors (Lipinski definition) is 4. The van der Waals surface area contributed by atoms with E-state index in [1.807, 2.05) is 13.8 Å². The van der Waals surface area contributed by atoms with Crippen LogP contribution in [0.4, 0.5) is 0 Å². The number of benzene rings is 1. The molecule has 16 heavy (non-hydrogen) atoms. The van der Waals surface area contributed by atoms with Gasteiger partial charge in [-0.3, -0.25) is 4.18 Å². The van der Waals surface area contributed by atoms with E-state index in [1.54, 1.807) is 18.2 Å². The van der Waals surface area contributed by atoms with Gasteiger partial charge in [-0.1, -0.05) is 13.8 Å². The Labute approximate surface area is 96.7 Å². The molecular weight excluding hydrogens is 226 g/mol. The van der Waals surface area contributed by atoms with Gasteiger partial charge in [0.25, 0.3) is 0 Å². The summed E-state index contributed by atoms with van der Waals surface area (Å²) in [6, 6.07) is 7.12. The minimum atomic E-state index is -1.76. The summed E-state index contributed by atoms with van der Waals surface area (Å²) in [7, 11) is 0. The van der Waals surface area contributed by atoms with Crippen LogP contribution in [0, 0.1) is 11.3 Å². The van der Waals surface area contributed by atoms with E-state index >= 15 is 0 Å². The smallest absolute Gasteiger partial charge is 0.360 e. The number of nitriles is 1. The van der Waals surface area contributed by atoms with E-state index in [9.17, 15) is 4.21 Å². The Morgan fingerprint density at radius 2 is 2.25 bits per heavy atom. The molecule has 84 valence electrons. The molecule has 1 aliphatic rings. The molecule has 0 saturated heterocycles. The highest BCUT2D eigenvalue weighted by Gasteiger charge is 2.30. The van der Waals surface area contributed by atoms with Crippen LogP contribution in [0.3, 0.4) is 0 Å². The highest BCUT2D eigenvalue weighted by atomic mass is 32.2. The lowest BCUT2D eigenvalue weighted by Gasteiger charge is -2.22. The molecule has 5 heteroatoms. The van der Waals surface area contributed by atoms with Crippen LogP contribution >= 0.6 is 0 Å². The van der Waals surface area contributed by atoms with Gasteiger partial charge in [-0.25, -0.2) is 0 Å². The van der Waals surface area contributed by atoms with Crippen LogP contribution in [-0.4, -0.2) is 10.8 Å². The van der Waals surface area contributed by atoms with Gasteiger partial charge in [0.15, 0.2) is 0 Å². The molecule has 0 amide bonds. The zero-order chi connectivity index (χ0) is 11.8. The second kappa shape index (κ2) is 3.89. The Morgan fingerprint density at radius 1 is 1.50 bits per heavy atom. The third kappa shape index (κ3) is 1.94. The van der Waals surface area contributed by atoms with E-state index in [1.165, 1.54) is 0 Å². The Balaban J connectivity index is 2.58. The summed E-state index contributed by atoms with van der Waals surface area (Å²) in [4.78, 5) is 0. The molecule has 0 aromatic heterocycles. The molecule has 1 heterocycles. The molecule has 0 bridgehead atoms. The maximum Gasteiger partial charge on any atom is 0.360 e. The fourth-order valence-corrected chi connectivity index (χ4v) is 2.30. The number of hydrogen-bond donors (Lipinski definition) is 0. The summed E-state index contributed by atoms with van der Waals surface area (Å²) in [5, 5.41) is 8.85. The van der Waals surface area contributed by atoms with Gasteiger partial charge in [0.2, 0.25) is 0 Å². The quantitative estimate of drug-likeness (QED) is 0.690. The molecule has 2 rings (SSSR count). The van der Waals surface area contributed by atoms with Crippen molar-refractivity contribution in [1.29, 1.82) is 5.26 Å². The van der Waals surface area contributed by atoms with Crippen molar-refractivity contribution in [2.75, 3.05) is 6.61 Å². The lowest BCUT2D eigenvalue weighted by Crippen LogP contribution is -2.22. The van der Waals surface area contributed by atoms with Gasteiger partial charge in [-0.05, 0) is 18.2 Å². The second-order valence-electron chi connectivity index (χ2n) is 4.26. The Hall–Kier alpha value is -1.38. The number of fused-ring (bicyclic) bond motifs is 1. The second-order valence-corrected chi connectivity index (χ2v) is 5.07. The Bertz CT molecular complexity index is 490. The van der Waals surface area contributed by atoms with E-state index in [4.69, 9.17) is 13.6 Å². The Morgan fingerprint density at radius 3 is 2.94 bits per heavy atom. The third-order valence-corrected chi connectivity index (χ3v) is 3.14. The van der Waals surface area contributed by atoms with Crippen LogP contribution in [0.25, 0.3) is 0 Å². The fourth-order valence-electron chi connectivity index (χ4n) is 1.57.